The van der Waals surface area contributed by atoms with Gasteiger partial charge < -0.3 is 10.2 Å². The molecule has 2 aromatic heterocycles. The van der Waals surface area contributed by atoms with Gasteiger partial charge in [-0.3, -0.25) is 9.97 Å². The first-order valence-corrected chi connectivity index (χ1v) is 6.68. The SMILES string of the molecule is Cc1ncc(C(=O)O)cc1Cl.Cc1ncc(CO)cc1Cl. The zero-order valence-electron chi connectivity index (χ0n) is 11.5. The Balaban J connectivity index is 0.000000211. The summed E-state index contributed by atoms with van der Waals surface area (Å²) in [4.78, 5) is 18.1. The molecule has 7 heteroatoms. The smallest absolute Gasteiger partial charge is 0.337 e. The highest BCUT2D eigenvalue weighted by Crippen LogP contribution is 2.14. The van der Waals surface area contributed by atoms with Crippen molar-refractivity contribution in [2.45, 2.75) is 20.5 Å². The van der Waals surface area contributed by atoms with Gasteiger partial charge in [-0.2, -0.15) is 0 Å². The molecule has 2 N–H and O–H groups in total. The lowest BCUT2D eigenvalue weighted by atomic mass is 10.2. The first-order valence-electron chi connectivity index (χ1n) is 5.92. The Morgan fingerprint density at radius 3 is 2.05 bits per heavy atom. The number of aliphatic hydroxyl groups excluding tert-OH is 1. The Morgan fingerprint density at radius 2 is 1.62 bits per heavy atom. The molecule has 112 valence electrons. The second kappa shape index (κ2) is 7.93. The predicted octanol–water partition coefficient (Wildman–Crippen LogP) is 3.28. The van der Waals surface area contributed by atoms with Crippen molar-refractivity contribution in [3.05, 3.63) is 57.1 Å². The Morgan fingerprint density at radius 1 is 1.10 bits per heavy atom. The molecule has 0 saturated carbocycles. The largest absolute Gasteiger partial charge is 0.478 e. The normalized spacial score (nSPS) is 9.76. The summed E-state index contributed by atoms with van der Waals surface area (Å²) < 4.78 is 0. The van der Waals surface area contributed by atoms with Crippen LogP contribution in [0.15, 0.2) is 24.5 Å². The number of aliphatic hydroxyl groups is 1. The molecule has 0 aromatic carbocycles. The number of carbonyl (C=O) groups is 1. The summed E-state index contributed by atoms with van der Waals surface area (Å²) in [6.45, 7) is 3.53. The summed E-state index contributed by atoms with van der Waals surface area (Å²) in [6, 6.07) is 3.09. The van der Waals surface area contributed by atoms with Crippen LogP contribution < -0.4 is 0 Å². The van der Waals surface area contributed by atoms with E-state index < -0.39 is 5.97 Å². The van der Waals surface area contributed by atoms with Gasteiger partial charge in [-0.25, -0.2) is 4.79 Å². The second-order valence-electron chi connectivity index (χ2n) is 4.17. The minimum atomic E-state index is -1.01. The molecule has 0 unspecified atom stereocenters. The fourth-order valence-corrected chi connectivity index (χ4v) is 1.61. The van der Waals surface area contributed by atoms with Gasteiger partial charge in [0, 0.05) is 12.4 Å². The highest BCUT2D eigenvalue weighted by molar-refractivity contribution is 6.31. The van der Waals surface area contributed by atoms with Crippen LogP contribution in [-0.2, 0) is 6.61 Å². The van der Waals surface area contributed by atoms with Gasteiger partial charge in [0.15, 0.2) is 0 Å². The van der Waals surface area contributed by atoms with Gasteiger partial charge in [0.2, 0.25) is 0 Å². The highest BCUT2D eigenvalue weighted by atomic mass is 35.5. The molecule has 0 fully saturated rings. The molecule has 0 atom stereocenters. The molecular weight excluding hydrogens is 315 g/mol. The third-order valence-electron chi connectivity index (χ3n) is 2.54. The minimum Gasteiger partial charge on any atom is -0.478 e. The van der Waals surface area contributed by atoms with Gasteiger partial charge in [0.25, 0.3) is 0 Å². The number of carboxylic acid groups (broad SMARTS) is 1. The fourth-order valence-electron chi connectivity index (χ4n) is 1.26. The number of halogens is 2. The number of aromatic nitrogens is 2. The van der Waals surface area contributed by atoms with E-state index in [1.165, 1.54) is 12.3 Å². The van der Waals surface area contributed by atoms with Crippen LogP contribution >= 0.6 is 23.2 Å². The van der Waals surface area contributed by atoms with Crippen LogP contribution in [0.1, 0.15) is 27.3 Å². The molecule has 5 nitrogen and oxygen atoms in total. The van der Waals surface area contributed by atoms with Crippen LogP contribution in [-0.4, -0.2) is 26.2 Å². The number of nitrogens with zero attached hydrogens (tertiary/aromatic N) is 2. The first kappa shape index (κ1) is 17.4. The average molecular weight is 329 g/mol. The summed E-state index contributed by atoms with van der Waals surface area (Å²) >= 11 is 11.4. The van der Waals surface area contributed by atoms with E-state index in [-0.39, 0.29) is 12.2 Å². The van der Waals surface area contributed by atoms with Gasteiger partial charge in [0.1, 0.15) is 0 Å². The van der Waals surface area contributed by atoms with Crippen LogP contribution in [0.25, 0.3) is 0 Å². The lowest BCUT2D eigenvalue weighted by molar-refractivity contribution is 0.0696. The number of hydrogen-bond acceptors (Lipinski definition) is 4. The Labute approximate surface area is 132 Å². The minimum absolute atomic E-state index is 0.00694. The van der Waals surface area contributed by atoms with E-state index in [0.717, 1.165) is 11.3 Å². The fraction of sp³-hybridized carbons (Fsp3) is 0.214. The molecule has 0 saturated heterocycles. The van der Waals surface area contributed by atoms with Crippen LogP contribution in [0.4, 0.5) is 0 Å². The maximum atomic E-state index is 10.4. The van der Waals surface area contributed by atoms with Crippen molar-refractivity contribution in [2.24, 2.45) is 0 Å². The Bertz CT molecular complexity index is 648. The molecule has 0 amide bonds. The standard InChI is InChI=1S/C7H6ClNO2.C7H8ClNO/c1-4-6(8)2-5(3-9-4)7(10)11;1-5-7(8)2-6(4-10)3-9-5/h2-3H,1H3,(H,10,11);2-3,10H,4H2,1H3. The topological polar surface area (TPSA) is 83.3 Å². The van der Waals surface area contributed by atoms with E-state index in [4.69, 9.17) is 33.4 Å². The number of hydrogen-bond donors (Lipinski definition) is 2. The third-order valence-corrected chi connectivity index (χ3v) is 3.30. The monoisotopic (exact) mass is 328 g/mol. The number of aryl methyl sites for hydroxylation is 2. The maximum absolute atomic E-state index is 10.4. The van der Waals surface area contributed by atoms with E-state index in [9.17, 15) is 4.79 Å². The zero-order valence-corrected chi connectivity index (χ0v) is 13.0. The number of aromatic carboxylic acids is 1. The van der Waals surface area contributed by atoms with Crippen LogP contribution in [0.3, 0.4) is 0 Å². The van der Waals surface area contributed by atoms with Gasteiger partial charge in [-0.05, 0) is 31.5 Å². The zero-order chi connectivity index (χ0) is 16.0. The predicted molar refractivity (Wildman–Crippen MR) is 80.9 cm³/mol. The molecule has 0 aliphatic rings. The molecule has 2 heterocycles. The van der Waals surface area contributed by atoms with E-state index in [2.05, 4.69) is 9.97 Å². The van der Waals surface area contributed by atoms with Crippen LogP contribution in [0.2, 0.25) is 10.0 Å². The molecule has 0 radical (unpaired) electrons. The quantitative estimate of drug-likeness (QED) is 0.883. The Hall–Kier alpha value is -1.69. The summed E-state index contributed by atoms with van der Waals surface area (Å²) in [6.07, 6.45) is 2.89. The number of carboxylic acids is 1. The summed E-state index contributed by atoms with van der Waals surface area (Å²) in [5.41, 5.74) is 2.28. The van der Waals surface area contributed by atoms with Gasteiger partial charge in [-0.15, -0.1) is 0 Å². The average Bonchev–Trinajstić information content (AvgIpc) is 2.45. The van der Waals surface area contributed by atoms with Gasteiger partial charge in [0.05, 0.1) is 33.6 Å². The molecule has 2 aromatic rings. The number of pyridine rings is 2. The second-order valence-corrected chi connectivity index (χ2v) is 4.98. The summed E-state index contributed by atoms with van der Waals surface area (Å²) in [5, 5.41) is 18.1. The Kier molecular flexibility index (Phi) is 6.55. The van der Waals surface area contributed by atoms with Crippen molar-refractivity contribution in [3.63, 3.8) is 0 Å². The molecule has 0 spiro atoms. The lowest BCUT2D eigenvalue weighted by Gasteiger charge is -1.97. The van der Waals surface area contributed by atoms with Crippen LogP contribution in [0.5, 0.6) is 0 Å². The van der Waals surface area contributed by atoms with Crippen molar-refractivity contribution in [1.29, 1.82) is 0 Å². The van der Waals surface area contributed by atoms with E-state index >= 15 is 0 Å². The molecule has 21 heavy (non-hydrogen) atoms. The van der Waals surface area contributed by atoms with Gasteiger partial charge >= 0.3 is 5.97 Å². The summed E-state index contributed by atoms with van der Waals surface area (Å²) in [5.74, 6) is -1.01. The summed E-state index contributed by atoms with van der Waals surface area (Å²) in [7, 11) is 0. The van der Waals surface area contributed by atoms with E-state index in [0.29, 0.717) is 15.7 Å². The first-order chi connectivity index (χ1) is 9.85. The van der Waals surface area contributed by atoms with Crippen molar-refractivity contribution < 1.29 is 15.0 Å². The van der Waals surface area contributed by atoms with E-state index in [1.807, 2.05) is 6.92 Å². The maximum Gasteiger partial charge on any atom is 0.337 e. The molecule has 0 bridgehead atoms. The molecule has 0 aliphatic heterocycles. The van der Waals surface area contributed by atoms with Crippen molar-refractivity contribution in [2.75, 3.05) is 0 Å². The molecule has 2 rings (SSSR count). The molecular formula is C14H14Cl2N2O3. The molecule has 0 aliphatic carbocycles. The van der Waals surface area contributed by atoms with Crippen LogP contribution in [0, 0.1) is 13.8 Å². The van der Waals surface area contributed by atoms with Crippen molar-refractivity contribution >= 4 is 29.2 Å². The highest BCUT2D eigenvalue weighted by Gasteiger charge is 2.04. The van der Waals surface area contributed by atoms with E-state index in [1.54, 1.807) is 19.2 Å². The van der Waals surface area contributed by atoms with Gasteiger partial charge in [-0.1, -0.05) is 23.2 Å². The third kappa shape index (κ3) is 5.30. The lowest BCUT2D eigenvalue weighted by Crippen LogP contribution is -1.97. The van der Waals surface area contributed by atoms with Crippen molar-refractivity contribution in [1.82, 2.24) is 9.97 Å². The number of rotatable bonds is 2. The van der Waals surface area contributed by atoms with Crippen molar-refractivity contribution in [3.8, 4) is 0 Å².